The van der Waals surface area contributed by atoms with Gasteiger partial charge in [-0.25, -0.2) is 14.8 Å². The first-order valence-corrected chi connectivity index (χ1v) is 6.38. The van der Waals surface area contributed by atoms with Crippen molar-refractivity contribution in [1.29, 1.82) is 0 Å². The molecule has 0 radical (unpaired) electrons. The molecule has 2 N–H and O–H groups in total. The summed E-state index contributed by atoms with van der Waals surface area (Å²) in [5.41, 5.74) is 0.0355. The Morgan fingerprint density at radius 3 is 3.00 bits per heavy atom. The summed E-state index contributed by atoms with van der Waals surface area (Å²) in [6, 6.07) is 4.87. The predicted octanol–water partition coefficient (Wildman–Crippen LogP) is 2.41. The summed E-state index contributed by atoms with van der Waals surface area (Å²) in [5.74, 6) is -0.482. The molecule has 0 saturated heterocycles. The lowest BCUT2D eigenvalue weighted by Gasteiger charge is -2.03. The zero-order valence-electron chi connectivity index (χ0n) is 9.88. The van der Waals surface area contributed by atoms with Gasteiger partial charge in [-0.05, 0) is 18.6 Å². The van der Waals surface area contributed by atoms with Gasteiger partial charge in [-0.2, -0.15) is 0 Å². The molecule has 6 heteroatoms. The average Bonchev–Trinajstić information content (AvgIpc) is 2.84. The standard InChI is InChI=1S/C12H13N3O2S/c1-2-8-6-14-11(18-8)7-13-10-5-3-4-9(15-10)12(16)17/h3-6H,2,7H2,1H3,(H,13,15)(H,16,17). The molecule has 0 aromatic carbocycles. The van der Waals surface area contributed by atoms with Gasteiger partial charge in [0, 0.05) is 11.1 Å². The summed E-state index contributed by atoms with van der Waals surface area (Å²) >= 11 is 1.64. The van der Waals surface area contributed by atoms with Crippen molar-refractivity contribution in [3.8, 4) is 0 Å². The van der Waals surface area contributed by atoms with Gasteiger partial charge in [-0.3, -0.25) is 0 Å². The number of hydrogen-bond donors (Lipinski definition) is 2. The number of aryl methyl sites for hydroxylation is 1. The molecule has 94 valence electrons. The number of rotatable bonds is 5. The summed E-state index contributed by atoms with van der Waals surface area (Å²) < 4.78 is 0. The third-order valence-electron chi connectivity index (χ3n) is 2.34. The predicted molar refractivity (Wildman–Crippen MR) is 70.0 cm³/mol. The van der Waals surface area contributed by atoms with E-state index in [2.05, 4.69) is 22.2 Å². The Morgan fingerprint density at radius 2 is 2.33 bits per heavy atom. The minimum atomic E-state index is -1.03. The number of nitrogens with zero attached hydrogens (tertiary/aromatic N) is 2. The molecular weight excluding hydrogens is 250 g/mol. The number of hydrogen-bond acceptors (Lipinski definition) is 5. The van der Waals surface area contributed by atoms with Gasteiger partial charge < -0.3 is 10.4 Å². The smallest absolute Gasteiger partial charge is 0.354 e. The van der Waals surface area contributed by atoms with Gasteiger partial charge >= 0.3 is 5.97 Å². The second-order valence-corrected chi connectivity index (χ2v) is 4.84. The van der Waals surface area contributed by atoms with E-state index in [1.165, 1.54) is 10.9 Å². The van der Waals surface area contributed by atoms with Crippen LogP contribution in [0.3, 0.4) is 0 Å². The maximum absolute atomic E-state index is 10.8. The number of pyridine rings is 1. The van der Waals surface area contributed by atoms with Crippen molar-refractivity contribution in [1.82, 2.24) is 9.97 Å². The van der Waals surface area contributed by atoms with Crippen LogP contribution >= 0.6 is 11.3 Å². The second-order valence-electron chi connectivity index (χ2n) is 3.64. The zero-order chi connectivity index (χ0) is 13.0. The third kappa shape index (κ3) is 3.04. The molecule has 0 aliphatic rings. The second kappa shape index (κ2) is 5.59. The lowest BCUT2D eigenvalue weighted by atomic mass is 10.3. The SMILES string of the molecule is CCc1cnc(CNc2cccc(C(=O)O)n2)s1. The number of carboxylic acids is 1. The highest BCUT2D eigenvalue weighted by molar-refractivity contribution is 7.11. The van der Waals surface area contributed by atoms with Crippen LogP contribution in [-0.2, 0) is 13.0 Å². The Balaban J connectivity index is 2.01. The van der Waals surface area contributed by atoms with Crippen LogP contribution in [0.2, 0.25) is 0 Å². The molecule has 2 aromatic rings. The molecule has 0 fully saturated rings. The van der Waals surface area contributed by atoms with E-state index in [9.17, 15) is 4.79 Å². The Kier molecular flexibility index (Phi) is 3.88. The molecule has 0 bridgehead atoms. The monoisotopic (exact) mass is 263 g/mol. The highest BCUT2D eigenvalue weighted by Crippen LogP contribution is 2.15. The first-order valence-electron chi connectivity index (χ1n) is 5.57. The van der Waals surface area contributed by atoms with Crippen LogP contribution in [0, 0.1) is 0 Å². The van der Waals surface area contributed by atoms with E-state index in [-0.39, 0.29) is 5.69 Å². The topological polar surface area (TPSA) is 75.1 Å². The van der Waals surface area contributed by atoms with Gasteiger partial charge in [-0.15, -0.1) is 11.3 Å². The number of nitrogens with one attached hydrogen (secondary N) is 1. The summed E-state index contributed by atoms with van der Waals surface area (Å²) in [4.78, 5) is 20.3. The van der Waals surface area contributed by atoms with Gasteiger partial charge in [0.25, 0.3) is 0 Å². The number of anilines is 1. The Hall–Kier alpha value is -1.95. The van der Waals surface area contributed by atoms with E-state index in [0.717, 1.165) is 11.4 Å². The van der Waals surface area contributed by atoms with E-state index in [1.54, 1.807) is 23.5 Å². The highest BCUT2D eigenvalue weighted by atomic mass is 32.1. The fraction of sp³-hybridized carbons (Fsp3) is 0.250. The summed E-state index contributed by atoms with van der Waals surface area (Å²) in [6.07, 6.45) is 2.84. The minimum absolute atomic E-state index is 0.0355. The van der Waals surface area contributed by atoms with Crippen LogP contribution in [0.15, 0.2) is 24.4 Å². The van der Waals surface area contributed by atoms with Crippen molar-refractivity contribution in [2.24, 2.45) is 0 Å². The molecular formula is C12H13N3O2S. The van der Waals surface area contributed by atoms with Crippen LogP contribution in [-0.4, -0.2) is 21.0 Å². The Labute approximate surface area is 109 Å². The van der Waals surface area contributed by atoms with Crippen molar-refractivity contribution < 1.29 is 9.90 Å². The summed E-state index contributed by atoms with van der Waals surface area (Å²) in [7, 11) is 0. The van der Waals surface area contributed by atoms with Crippen LogP contribution < -0.4 is 5.32 Å². The molecule has 0 saturated carbocycles. The van der Waals surface area contributed by atoms with Crippen molar-refractivity contribution in [3.63, 3.8) is 0 Å². The molecule has 0 amide bonds. The molecule has 18 heavy (non-hydrogen) atoms. The molecule has 0 aliphatic carbocycles. The van der Waals surface area contributed by atoms with Gasteiger partial charge in [0.05, 0.1) is 6.54 Å². The maximum atomic E-state index is 10.8. The zero-order valence-corrected chi connectivity index (χ0v) is 10.7. The summed E-state index contributed by atoms with van der Waals surface area (Å²) in [6.45, 7) is 2.64. The third-order valence-corrected chi connectivity index (χ3v) is 3.48. The van der Waals surface area contributed by atoms with Gasteiger partial charge in [0.15, 0.2) is 5.69 Å². The van der Waals surface area contributed by atoms with Crippen molar-refractivity contribution in [3.05, 3.63) is 40.0 Å². The van der Waals surface area contributed by atoms with Gasteiger partial charge in [0.1, 0.15) is 10.8 Å². The number of thiazole rings is 1. The van der Waals surface area contributed by atoms with Gasteiger partial charge in [-0.1, -0.05) is 13.0 Å². The fourth-order valence-corrected chi connectivity index (χ4v) is 2.21. The van der Waals surface area contributed by atoms with Crippen LogP contribution in [0.5, 0.6) is 0 Å². The van der Waals surface area contributed by atoms with Crippen LogP contribution in [0.25, 0.3) is 0 Å². The Morgan fingerprint density at radius 1 is 1.50 bits per heavy atom. The van der Waals surface area contributed by atoms with Crippen molar-refractivity contribution in [2.75, 3.05) is 5.32 Å². The molecule has 2 rings (SSSR count). The fourth-order valence-electron chi connectivity index (χ4n) is 1.41. The van der Waals surface area contributed by atoms with Crippen molar-refractivity contribution in [2.45, 2.75) is 19.9 Å². The Bertz CT molecular complexity index is 554. The molecule has 2 aromatic heterocycles. The lowest BCUT2D eigenvalue weighted by Crippen LogP contribution is -2.05. The van der Waals surface area contributed by atoms with Crippen LogP contribution in [0.1, 0.15) is 27.3 Å². The number of carboxylic acid groups (broad SMARTS) is 1. The quantitative estimate of drug-likeness (QED) is 0.866. The molecule has 0 unspecified atom stereocenters. The maximum Gasteiger partial charge on any atom is 0.354 e. The van der Waals surface area contributed by atoms with E-state index in [0.29, 0.717) is 12.4 Å². The largest absolute Gasteiger partial charge is 0.477 e. The first-order chi connectivity index (χ1) is 8.69. The number of aromatic carboxylic acids is 1. The molecule has 5 nitrogen and oxygen atoms in total. The van der Waals surface area contributed by atoms with E-state index in [1.807, 2.05) is 6.20 Å². The molecule has 0 spiro atoms. The lowest BCUT2D eigenvalue weighted by molar-refractivity contribution is 0.0690. The summed E-state index contributed by atoms with van der Waals surface area (Å²) in [5, 5.41) is 12.9. The van der Waals surface area contributed by atoms with Crippen LogP contribution in [0.4, 0.5) is 5.82 Å². The molecule has 2 heterocycles. The molecule has 0 atom stereocenters. The van der Waals surface area contributed by atoms with E-state index in [4.69, 9.17) is 5.11 Å². The number of aromatic nitrogens is 2. The highest BCUT2D eigenvalue weighted by Gasteiger charge is 2.05. The first kappa shape index (κ1) is 12.5. The normalized spacial score (nSPS) is 10.3. The van der Waals surface area contributed by atoms with E-state index < -0.39 is 5.97 Å². The minimum Gasteiger partial charge on any atom is -0.477 e. The average molecular weight is 263 g/mol. The molecule has 0 aliphatic heterocycles. The number of carbonyl (C=O) groups is 1. The van der Waals surface area contributed by atoms with E-state index >= 15 is 0 Å². The van der Waals surface area contributed by atoms with Gasteiger partial charge in [0.2, 0.25) is 0 Å². The van der Waals surface area contributed by atoms with Crippen molar-refractivity contribution >= 4 is 23.1 Å².